The van der Waals surface area contributed by atoms with E-state index < -0.39 is 0 Å². The van der Waals surface area contributed by atoms with Crippen LogP contribution in [0.25, 0.3) is 28.2 Å². The summed E-state index contributed by atoms with van der Waals surface area (Å²) in [5.74, 6) is 0. The molecular weight excluding hydrogens is 428 g/mol. The van der Waals surface area contributed by atoms with Crippen LogP contribution in [0.2, 0.25) is 0 Å². The lowest BCUT2D eigenvalue weighted by atomic mass is 10.1. The number of rotatable bonds is 5. The Kier molecular flexibility index (Phi) is 4.65. The Balaban J connectivity index is 2.26. The average molecular weight is 443 g/mol. The van der Waals surface area contributed by atoms with Crippen molar-refractivity contribution in [1.82, 2.24) is 24.3 Å². The third-order valence-electron chi connectivity index (χ3n) is 3.54. The Hall–Kier alpha value is -1.51. The highest BCUT2D eigenvalue weighted by Crippen LogP contribution is 2.32. The largest absolute Gasteiger partial charge is 0.378 e. The van der Waals surface area contributed by atoms with Gasteiger partial charge in [0.05, 0.1) is 47.3 Å². The molecule has 9 heteroatoms. The number of halogens is 1. The van der Waals surface area contributed by atoms with Crippen molar-refractivity contribution in [1.29, 1.82) is 0 Å². The molecule has 120 valence electrons. The van der Waals surface area contributed by atoms with Crippen LogP contribution < -0.4 is 5.56 Å². The third kappa shape index (κ3) is 2.75. The molecular formula is C14H15IN5O2P. The van der Waals surface area contributed by atoms with Crippen LogP contribution in [0, 0.1) is 0 Å². The first-order chi connectivity index (χ1) is 11.1. The quantitative estimate of drug-likeness (QED) is 0.486. The zero-order chi connectivity index (χ0) is 16.6. The second kappa shape index (κ2) is 6.54. The summed E-state index contributed by atoms with van der Waals surface area (Å²) in [6.45, 7) is 4.13. The highest BCUT2D eigenvalue weighted by molar-refractivity contribution is 14.2. The molecule has 0 aliphatic carbocycles. The summed E-state index contributed by atoms with van der Waals surface area (Å²) < 4.78 is 8.48. The van der Waals surface area contributed by atoms with E-state index >= 15 is 0 Å². The minimum atomic E-state index is -0.132. The van der Waals surface area contributed by atoms with Crippen LogP contribution in [0.5, 0.6) is 0 Å². The Morgan fingerprint density at radius 1 is 1.57 bits per heavy atom. The smallest absolute Gasteiger partial charge is 0.276 e. The molecule has 3 heterocycles. The molecule has 0 fully saturated rings. The molecule has 0 saturated heterocycles. The van der Waals surface area contributed by atoms with Crippen LogP contribution >= 0.6 is 28.4 Å². The number of ether oxygens (including phenoxy) is 1. The molecule has 0 aliphatic heterocycles. The molecule has 1 atom stereocenters. The first-order valence-electron chi connectivity index (χ1n) is 6.75. The van der Waals surface area contributed by atoms with Crippen molar-refractivity contribution in [2.75, 3.05) is 7.11 Å². The van der Waals surface area contributed by atoms with Crippen molar-refractivity contribution < 1.29 is 4.74 Å². The molecule has 0 aliphatic rings. The summed E-state index contributed by atoms with van der Waals surface area (Å²) in [5.41, 5.74) is 3.41. The zero-order valence-corrected chi connectivity index (χ0v) is 15.8. The molecule has 3 aromatic heterocycles. The molecule has 1 unspecified atom stereocenters. The van der Waals surface area contributed by atoms with Crippen molar-refractivity contribution in [2.24, 2.45) is 7.05 Å². The van der Waals surface area contributed by atoms with Crippen LogP contribution in [-0.4, -0.2) is 31.4 Å². The number of aryl methyl sites for hydroxylation is 1. The van der Waals surface area contributed by atoms with E-state index in [0.717, 1.165) is 16.6 Å². The maximum absolute atomic E-state index is 12.4. The number of aromatic nitrogens is 5. The SMILES string of the molecule is C=Cc1nn(PI)c2cnc(-c3c(COC)[nH]n(C)c3=O)cc12. The van der Waals surface area contributed by atoms with Gasteiger partial charge in [-0.05, 0) is 34.2 Å². The Morgan fingerprint density at radius 2 is 2.35 bits per heavy atom. The summed E-state index contributed by atoms with van der Waals surface area (Å²) in [6, 6.07) is 1.89. The number of H-pyrrole nitrogens is 1. The first kappa shape index (κ1) is 16.4. The minimum absolute atomic E-state index is 0.132. The van der Waals surface area contributed by atoms with E-state index in [4.69, 9.17) is 4.74 Å². The second-order valence-electron chi connectivity index (χ2n) is 4.93. The molecule has 7 nitrogen and oxygen atoms in total. The second-order valence-corrected chi connectivity index (χ2v) is 6.97. The minimum Gasteiger partial charge on any atom is -0.378 e. The van der Waals surface area contributed by atoms with E-state index in [1.165, 1.54) is 4.68 Å². The number of pyridine rings is 1. The van der Waals surface area contributed by atoms with Crippen LogP contribution in [0.3, 0.4) is 0 Å². The summed E-state index contributed by atoms with van der Waals surface area (Å²) in [7, 11) is 3.26. The Labute approximate surface area is 147 Å². The molecule has 1 N–H and O–H groups in total. The zero-order valence-electron chi connectivity index (χ0n) is 12.6. The van der Waals surface area contributed by atoms with Crippen LogP contribution in [0.4, 0.5) is 0 Å². The lowest BCUT2D eigenvalue weighted by molar-refractivity contribution is 0.181. The van der Waals surface area contributed by atoms with E-state index in [1.54, 1.807) is 26.4 Å². The third-order valence-corrected chi connectivity index (χ3v) is 5.41. The highest BCUT2D eigenvalue weighted by atomic mass is 127. The Bertz CT molecular complexity index is 943. The highest BCUT2D eigenvalue weighted by Gasteiger charge is 2.18. The van der Waals surface area contributed by atoms with Crippen molar-refractivity contribution in [3.63, 3.8) is 0 Å². The van der Waals surface area contributed by atoms with Gasteiger partial charge < -0.3 is 4.74 Å². The van der Waals surface area contributed by atoms with Crippen molar-refractivity contribution in [2.45, 2.75) is 6.61 Å². The number of aromatic amines is 1. The fourth-order valence-corrected chi connectivity index (χ4v) is 4.03. The van der Waals surface area contributed by atoms with Crippen LogP contribution in [0.1, 0.15) is 11.4 Å². The number of nitrogens with zero attached hydrogens (tertiary/aromatic N) is 4. The number of hydrogen-bond acceptors (Lipinski definition) is 4. The molecule has 3 rings (SSSR count). The van der Waals surface area contributed by atoms with Gasteiger partial charge in [-0.25, -0.2) is 4.45 Å². The monoisotopic (exact) mass is 443 g/mol. The Morgan fingerprint density at radius 3 is 3.00 bits per heavy atom. The van der Waals surface area contributed by atoms with Crippen molar-refractivity contribution >= 4 is 45.4 Å². The molecule has 0 spiro atoms. The molecule has 23 heavy (non-hydrogen) atoms. The topological polar surface area (TPSA) is 77.7 Å². The molecule has 3 aromatic rings. The van der Waals surface area contributed by atoms with E-state index in [2.05, 4.69) is 43.8 Å². The predicted molar refractivity (Wildman–Crippen MR) is 101 cm³/mol. The number of fused-ring (bicyclic) bond motifs is 1. The van der Waals surface area contributed by atoms with Gasteiger partial charge in [-0.1, -0.05) is 6.58 Å². The van der Waals surface area contributed by atoms with E-state index in [9.17, 15) is 4.79 Å². The standard InChI is InChI=1S/C14H15IN5O2P/c1-4-9-8-5-10(16-6-12(8)20(18-9)23-15)13-11(7-22-3)17-19(2)14(13)21/h4-6,17,23H,1,7H2,2-3H3. The van der Waals surface area contributed by atoms with E-state index in [1.807, 2.05) is 10.5 Å². The lowest BCUT2D eigenvalue weighted by Crippen LogP contribution is -2.13. The molecule has 0 aromatic carbocycles. The van der Waals surface area contributed by atoms with Crippen LogP contribution in [0.15, 0.2) is 23.6 Å². The fourth-order valence-electron chi connectivity index (χ4n) is 2.51. The van der Waals surface area contributed by atoms with Gasteiger partial charge in [0.15, 0.2) is 0 Å². The van der Waals surface area contributed by atoms with Gasteiger partial charge in [-0.15, -0.1) is 0 Å². The molecule has 0 saturated carbocycles. The normalized spacial score (nSPS) is 11.8. The van der Waals surface area contributed by atoms with E-state index in [0.29, 0.717) is 29.9 Å². The average Bonchev–Trinajstić information content (AvgIpc) is 3.05. The van der Waals surface area contributed by atoms with Gasteiger partial charge in [0.25, 0.3) is 5.56 Å². The molecule has 0 bridgehead atoms. The number of methoxy groups -OCH3 is 1. The van der Waals surface area contributed by atoms with Gasteiger partial charge in [0.1, 0.15) is 0 Å². The van der Waals surface area contributed by atoms with E-state index in [-0.39, 0.29) is 5.56 Å². The predicted octanol–water partition coefficient (Wildman–Crippen LogP) is 2.71. The summed E-state index contributed by atoms with van der Waals surface area (Å²) in [5, 5.41) is 8.43. The van der Waals surface area contributed by atoms with Gasteiger partial charge in [-0.2, -0.15) is 5.10 Å². The summed E-state index contributed by atoms with van der Waals surface area (Å²) >= 11 is 2.27. The fraction of sp³-hybridized carbons (Fsp3) is 0.214. The molecule has 0 amide bonds. The maximum Gasteiger partial charge on any atom is 0.276 e. The first-order valence-corrected chi connectivity index (χ1v) is 10.8. The lowest BCUT2D eigenvalue weighted by Gasteiger charge is -2.02. The summed E-state index contributed by atoms with van der Waals surface area (Å²) in [4.78, 5) is 16.9. The van der Waals surface area contributed by atoms with Gasteiger partial charge >= 0.3 is 0 Å². The number of nitrogens with one attached hydrogen (secondary N) is 1. The molecule has 0 radical (unpaired) electrons. The summed E-state index contributed by atoms with van der Waals surface area (Å²) in [6.07, 6.45) is 3.93. The van der Waals surface area contributed by atoms with Gasteiger partial charge in [0.2, 0.25) is 0 Å². The van der Waals surface area contributed by atoms with Crippen molar-refractivity contribution in [3.8, 4) is 11.3 Å². The van der Waals surface area contributed by atoms with Crippen molar-refractivity contribution in [3.05, 3.63) is 40.6 Å². The maximum atomic E-state index is 12.4. The number of hydrogen-bond donors (Lipinski definition) is 1. The van der Waals surface area contributed by atoms with Crippen LogP contribution in [-0.2, 0) is 18.4 Å². The van der Waals surface area contributed by atoms with Gasteiger partial charge in [0, 0.05) is 19.5 Å². The van der Waals surface area contributed by atoms with Gasteiger partial charge in [-0.3, -0.25) is 19.6 Å².